The summed E-state index contributed by atoms with van der Waals surface area (Å²) in [6, 6.07) is 7.78. The van der Waals surface area contributed by atoms with Crippen LogP contribution in [0, 0.1) is 5.92 Å². The molecule has 1 saturated heterocycles. The Morgan fingerprint density at radius 3 is 2.67 bits per heavy atom. The van der Waals surface area contributed by atoms with Crippen molar-refractivity contribution in [1.29, 1.82) is 0 Å². The Bertz CT molecular complexity index is 620. The molecule has 5 heteroatoms. The number of amides is 1. The number of nitrogens with zero attached hydrogens (tertiary/aromatic N) is 1. The molecule has 24 heavy (non-hydrogen) atoms. The van der Waals surface area contributed by atoms with Crippen molar-refractivity contribution < 1.29 is 14.3 Å². The number of hydrogen-bond donors (Lipinski definition) is 1. The number of rotatable bonds is 6. The van der Waals surface area contributed by atoms with E-state index >= 15 is 0 Å². The van der Waals surface area contributed by atoms with E-state index in [0.29, 0.717) is 11.5 Å². The van der Waals surface area contributed by atoms with Crippen LogP contribution in [0.4, 0.5) is 0 Å². The van der Waals surface area contributed by atoms with Crippen LogP contribution in [-0.2, 0) is 9.53 Å². The molecule has 0 bridgehead atoms. The molecule has 1 saturated carbocycles. The van der Waals surface area contributed by atoms with Crippen LogP contribution in [0.3, 0.4) is 0 Å². The molecule has 0 aromatic heterocycles. The zero-order chi connectivity index (χ0) is 16.9. The number of benzene rings is 1. The average Bonchev–Trinajstić information content (AvgIpc) is 3.36. The SMILES string of the molecule is COC(=O)c1ccc(/C=C/C(=O)NC[C@@H]2CCN(C3CC3)C2)cc1. The Labute approximate surface area is 142 Å². The zero-order valence-electron chi connectivity index (χ0n) is 14.0. The monoisotopic (exact) mass is 328 g/mol. The number of nitrogens with one attached hydrogen (secondary N) is 1. The van der Waals surface area contributed by atoms with E-state index in [9.17, 15) is 9.59 Å². The van der Waals surface area contributed by atoms with Gasteiger partial charge in [-0.1, -0.05) is 12.1 Å². The van der Waals surface area contributed by atoms with Gasteiger partial charge in [-0.15, -0.1) is 0 Å². The minimum Gasteiger partial charge on any atom is -0.465 e. The highest BCUT2D eigenvalue weighted by atomic mass is 16.5. The molecule has 128 valence electrons. The van der Waals surface area contributed by atoms with Crippen LogP contribution in [0.2, 0.25) is 0 Å². The predicted molar refractivity (Wildman–Crippen MR) is 92.5 cm³/mol. The van der Waals surface area contributed by atoms with Gasteiger partial charge in [0, 0.05) is 25.2 Å². The lowest BCUT2D eigenvalue weighted by atomic mass is 10.1. The summed E-state index contributed by atoms with van der Waals surface area (Å²) in [6.45, 7) is 3.03. The summed E-state index contributed by atoms with van der Waals surface area (Å²) in [7, 11) is 1.36. The van der Waals surface area contributed by atoms with Crippen LogP contribution < -0.4 is 5.32 Å². The normalized spacial score (nSPS) is 21.1. The first-order valence-electron chi connectivity index (χ1n) is 8.54. The summed E-state index contributed by atoms with van der Waals surface area (Å²) in [5.41, 5.74) is 1.37. The van der Waals surface area contributed by atoms with Crippen molar-refractivity contribution in [2.75, 3.05) is 26.7 Å². The molecule has 2 aliphatic rings. The summed E-state index contributed by atoms with van der Waals surface area (Å²) in [5, 5.41) is 2.99. The van der Waals surface area contributed by atoms with Crippen molar-refractivity contribution in [3.05, 3.63) is 41.5 Å². The Hall–Kier alpha value is -2.14. The van der Waals surface area contributed by atoms with Gasteiger partial charge in [-0.2, -0.15) is 0 Å². The van der Waals surface area contributed by atoms with Gasteiger partial charge in [0.05, 0.1) is 12.7 Å². The lowest BCUT2D eigenvalue weighted by molar-refractivity contribution is -0.116. The molecule has 0 spiro atoms. The van der Waals surface area contributed by atoms with Crippen molar-refractivity contribution in [3.8, 4) is 0 Å². The van der Waals surface area contributed by atoms with Crippen LogP contribution >= 0.6 is 0 Å². The third kappa shape index (κ3) is 4.45. The highest BCUT2D eigenvalue weighted by Crippen LogP contribution is 2.31. The third-order valence-corrected chi connectivity index (χ3v) is 4.70. The summed E-state index contributed by atoms with van der Waals surface area (Å²) in [5.74, 6) is 0.138. The Kier molecular flexibility index (Phi) is 5.30. The van der Waals surface area contributed by atoms with E-state index in [2.05, 4.69) is 15.0 Å². The molecule has 5 nitrogen and oxygen atoms in total. The van der Waals surface area contributed by atoms with Crippen LogP contribution in [0.15, 0.2) is 30.3 Å². The number of ether oxygens (including phenoxy) is 1. The van der Waals surface area contributed by atoms with Gasteiger partial charge in [-0.05, 0) is 55.5 Å². The molecule has 1 aromatic carbocycles. The molecule has 1 heterocycles. The molecule has 3 rings (SSSR count). The fraction of sp³-hybridized carbons (Fsp3) is 0.474. The topological polar surface area (TPSA) is 58.6 Å². The summed E-state index contributed by atoms with van der Waals surface area (Å²) in [4.78, 5) is 25.9. The van der Waals surface area contributed by atoms with Gasteiger partial charge in [0.15, 0.2) is 0 Å². The maximum atomic E-state index is 11.9. The second-order valence-electron chi connectivity index (χ2n) is 6.57. The quantitative estimate of drug-likeness (QED) is 0.642. The van der Waals surface area contributed by atoms with Crippen LogP contribution in [0.25, 0.3) is 6.08 Å². The van der Waals surface area contributed by atoms with Gasteiger partial charge < -0.3 is 15.0 Å². The van der Waals surface area contributed by atoms with Crippen molar-refractivity contribution in [2.45, 2.75) is 25.3 Å². The Morgan fingerprint density at radius 2 is 2.00 bits per heavy atom. The largest absolute Gasteiger partial charge is 0.465 e. The van der Waals surface area contributed by atoms with Gasteiger partial charge in [0.25, 0.3) is 0 Å². The summed E-state index contributed by atoms with van der Waals surface area (Å²) < 4.78 is 4.66. The minimum absolute atomic E-state index is 0.0723. The van der Waals surface area contributed by atoms with Crippen molar-refractivity contribution in [2.24, 2.45) is 5.92 Å². The average molecular weight is 328 g/mol. The summed E-state index contributed by atoms with van der Waals surface area (Å²) >= 11 is 0. The van der Waals surface area contributed by atoms with Crippen molar-refractivity contribution >= 4 is 18.0 Å². The van der Waals surface area contributed by atoms with Gasteiger partial charge in [0.2, 0.25) is 5.91 Å². The number of hydrogen-bond acceptors (Lipinski definition) is 4. The van der Waals surface area contributed by atoms with Gasteiger partial charge in [-0.25, -0.2) is 4.79 Å². The fourth-order valence-corrected chi connectivity index (χ4v) is 3.12. The van der Waals surface area contributed by atoms with E-state index in [1.807, 2.05) is 0 Å². The highest BCUT2D eigenvalue weighted by Gasteiger charge is 2.34. The second kappa shape index (κ2) is 7.62. The van der Waals surface area contributed by atoms with Crippen LogP contribution in [-0.4, -0.2) is 49.6 Å². The number of carbonyl (C=O) groups excluding carboxylic acids is 2. The first-order chi connectivity index (χ1) is 11.7. The van der Waals surface area contributed by atoms with E-state index in [0.717, 1.165) is 24.7 Å². The molecule has 1 amide bonds. The standard InChI is InChI=1S/C19H24N2O3/c1-24-19(23)16-5-2-14(3-6-16)4-9-18(22)20-12-15-10-11-21(13-15)17-7-8-17/h2-6,9,15,17H,7-8,10-13H2,1H3,(H,20,22)/b9-4+/t15-/m0/s1. The summed E-state index contributed by atoms with van der Waals surface area (Å²) in [6.07, 6.45) is 7.16. The smallest absolute Gasteiger partial charge is 0.337 e. The van der Waals surface area contributed by atoms with E-state index in [1.165, 1.54) is 32.9 Å². The zero-order valence-corrected chi connectivity index (χ0v) is 14.0. The van der Waals surface area contributed by atoms with Gasteiger partial charge >= 0.3 is 5.97 Å². The molecule has 1 aliphatic heterocycles. The molecule has 0 unspecified atom stereocenters. The first kappa shape index (κ1) is 16.7. The maximum absolute atomic E-state index is 11.9. The fourth-order valence-electron chi connectivity index (χ4n) is 3.12. The first-order valence-corrected chi connectivity index (χ1v) is 8.54. The number of methoxy groups -OCH3 is 1. The van der Waals surface area contributed by atoms with E-state index in [1.54, 1.807) is 36.4 Å². The molecule has 1 aromatic rings. The Morgan fingerprint density at radius 1 is 1.25 bits per heavy atom. The van der Waals surface area contributed by atoms with Crippen molar-refractivity contribution in [3.63, 3.8) is 0 Å². The lowest BCUT2D eigenvalue weighted by Gasteiger charge is -2.14. The second-order valence-corrected chi connectivity index (χ2v) is 6.57. The van der Waals surface area contributed by atoms with Gasteiger partial charge in [-0.3, -0.25) is 4.79 Å². The van der Waals surface area contributed by atoms with Crippen LogP contribution in [0.1, 0.15) is 35.2 Å². The van der Waals surface area contributed by atoms with Crippen molar-refractivity contribution in [1.82, 2.24) is 10.2 Å². The minimum atomic E-state index is -0.361. The predicted octanol–water partition coefficient (Wildman–Crippen LogP) is 2.09. The van der Waals surface area contributed by atoms with E-state index in [4.69, 9.17) is 0 Å². The Balaban J connectivity index is 1.42. The molecule has 0 radical (unpaired) electrons. The van der Waals surface area contributed by atoms with E-state index in [-0.39, 0.29) is 11.9 Å². The third-order valence-electron chi connectivity index (χ3n) is 4.70. The number of likely N-dealkylation sites (tertiary alicyclic amines) is 1. The molecular weight excluding hydrogens is 304 g/mol. The molecular formula is C19H24N2O3. The number of esters is 1. The molecule has 1 aliphatic carbocycles. The highest BCUT2D eigenvalue weighted by molar-refractivity contribution is 5.92. The molecule has 1 N–H and O–H groups in total. The lowest BCUT2D eigenvalue weighted by Crippen LogP contribution is -2.30. The molecule has 1 atom stereocenters. The molecule has 2 fully saturated rings. The maximum Gasteiger partial charge on any atom is 0.337 e. The van der Waals surface area contributed by atoms with E-state index < -0.39 is 0 Å². The number of carbonyl (C=O) groups is 2. The van der Waals surface area contributed by atoms with Gasteiger partial charge in [0.1, 0.15) is 0 Å². The van der Waals surface area contributed by atoms with Crippen LogP contribution in [0.5, 0.6) is 0 Å².